The Kier molecular flexibility index (Phi) is 6.31. The van der Waals surface area contributed by atoms with E-state index in [9.17, 15) is 9.59 Å². The number of benzene rings is 2. The van der Waals surface area contributed by atoms with E-state index in [2.05, 4.69) is 14.8 Å². The molecule has 0 unspecified atom stereocenters. The standard InChI is InChI=1S/C18H14O5/c19-17(13-11-15-7-3-1-4-8-15)21-23-22-18(20)14-12-16-9-5-2-6-10-16/h1-14H. The van der Waals surface area contributed by atoms with E-state index in [-0.39, 0.29) is 0 Å². The first kappa shape index (κ1) is 16.2. The lowest BCUT2D eigenvalue weighted by Gasteiger charge is -1.97. The highest BCUT2D eigenvalue weighted by Crippen LogP contribution is 2.02. The van der Waals surface area contributed by atoms with Crippen LogP contribution in [0.25, 0.3) is 12.2 Å². The van der Waals surface area contributed by atoms with Crippen molar-refractivity contribution in [1.82, 2.24) is 0 Å². The monoisotopic (exact) mass is 310 g/mol. The molecule has 5 nitrogen and oxygen atoms in total. The van der Waals surface area contributed by atoms with Crippen LogP contribution in [-0.2, 0) is 24.4 Å². The Bertz CT molecular complexity index is 628. The second kappa shape index (κ2) is 8.96. The van der Waals surface area contributed by atoms with Gasteiger partial charge in [0.1, 0.15) is 0 Å². The van der Waals surface area contributed by atoms with Gasteiger partial charge in [0.2, 0.25) is 0 Å². The Labute approximate surface area is 133 Å². The molecule has 0 aliphatic carbocycles. The van der Waals surface area contributed by atoms with E-state index >= 15 is 0 Å². The highest BCUT2D eigenvalue weighted by Gasteiger charge is 2.03. The lowest BCUT2D eigenvalue weighted by molar-refractivity contribution is -0.455. The van der Waals surface area contributed by atoms with E-state index in [1.54, 1.807) is 12.2 Å². The molecular weight excluding hydrogens is 296 g/mol. The molecule has 0 spiro atoms. The second-order valence-corrected chi connectivity index (χ2v) is 4.36. The highest BCUT2D eigenvalue weighted by molar-refractivity contribution is 5.87. The van der Waals surface area contributed by atoms with Gasteiger partial charge in [-0.1, -0.05) is 60.7 Å². The van der Waals surface area contributed by atoms with Crippen molar-refractivity contribution in [2.75, 3.05) is 0 Å². The topological polar surface area (TPSA) is 61.8 Å². The molecular formula is C18H14O5. The van der Waals surface area contributed by atoms with E-state index < -0.39 is 11.9 Å². The number of rotatable bonds is 6. The fourth-order valence-electron chi connectivity index (χ4n) is 1.60. The van der Waals surface area contributed by atoms with Crippen LogP contribution in [0.1, 0.15) is 11.1 Å². The lowest BCUT2D eigenvalue weighted by atomic mass is 10.2. The number of hydrogen-bond donors (Lipinski definition) is 0. The first-order chi connectivity index (χ1) is 11.2. The summed E-state index contributed by atoms with van der Waals surface area (Å²) in [6, 6.07) is 18.3. The van der Waals surface area contributed by atoms with E-state index in [4.69, 9.17) is 0 Å². The van der Waals surface area contributed by atoms with Gasteiger partial charge in [0.15, 0.2) is 0 Å². The molecule has 0 amide bonds. The summed E-state index contributed by atoms with van der Waals surface area (Å²) in [6.45, 7) is 0. The Balaban J connectivity index is 1.70. The van der Waals surface area contributed by atoms with Crippen molar-refractivity contribution < 1.29 is 24.4 Å². The van der Waals surface area contributed by atoms with Gasteiger partial charge in [-0.15, -0.1) is 0 Å². The van der Waals surface area contributed by atoms with Crippen LogP contribution in [0.3, 0.4) is 0 Å². The maximum atomic E-state index is 11.3. The van der Waals surface area contributed by atoms with Crippen LogP contribution >= 0.6 is 0 Å². The molecule has 0 N–H and O–H groups in total. The maximum Gasteiger partial charge on any atom is 0.370 e. The highest BCUT2D eigenvalue weighted by atomic mass is 17.5. The molecule has 0 heterocycles. The normalized spacial score (nSPS) is 10.8. The molecule has 5 heteroatoms. The molecule has 0 saturated heterocycles. The predicted molar refractivity (Wildman–Crippen MR) is 84.2 cm³/mol. The van der Waals surface area contributed by atoms with Crippen molar-refractivity contribution in [3.05, 3.63) is 83.9 Å². The van der Waals surface area contributed by atoms with Crippen LogP contribution in [0.15, 0.2) is 72.8 Å². The average molecular weight is 310 g/mol. The zero-order valence-corrected chi connectivity index (χ0v) is 12.1. The molecule has 2 rings (SSSR count). The van der Waals surface area contributed by atoms with Crippen molar-refractivity contribution in [2.45, 2.75) is 0 Å². The first-order valence-corrected chi connectivity index (χ1v) is 6.79. The number of carbonyl (C=O) groups is 2. The van der Waals surface area contributed by atoms with Gasteiger partial charge in [-0.3, -0.25) is 9.78 Å². The smallest absolute Gasteiger partial charge is 0.255 e. The van der Waals surface area contributed by atoms with Crippen LogP contribution in [0, 0.1) is 0 Å². The van der Waals surface area contributed by atoms with Crippen LogP contribution in [-0.4, -0.2) is 11.9 Å². The summed E-state index contributed by atoms with van der Waals surface area (Å²) in [4.78, 5) is 31.2. The van der Waals surface area contributed by atoms with Crippen molar-refractivity contribution in [3.8, 4) is 0 Å². The number of carbonyl (C=O) groups excluding carboxylic acids is 2. The van der Waals surface area contributed by atoms with Gasteiger partial charge >= 0.3 is 11.9 Å². The fraction of sp³-hybridized carbons (Fsp3) is 0. The van der Waals surface area contributed by atoms with Gasteiger partial charge in [0.25, 0.3) is 0 Å². The van der Waals surface area contributed by atoms with Crippen molar-refractivity contribution in [3.63, 3.8) is 0 Å². The van der Waals surface area contributed by atoms with Gasteiger partial charge in [0, 0.05) is 17.2 Å². The summed E-state index contributed by atoms with van der Waals surface area (Å²) in [6.07, 6.45) is 5.40. The largest absolute Gasteiger partial charge is 0.370 e. The van der Waals surface area contributed by atoms with Crippen LogP contribution < -0.4 is 0 Å². The minimum absolute atomic E-state index is 0.798. The lowest BCUT2D eigenvalue weighted by Crippen LogP contribution is -2.06. The van der Waals surface area contributed by atoms with Crippen LogP contribution in [0.2, 0.25) is 0 Å². The van der Waals surface area contributed by atoms with E-state index in [1.165, 1.54) is 0 Å². The molecule has 116 valence electrons. The fourth-order valence-corrected chi connectivity index (χ4v) is 1.60. The predicted octanol–water partition coefficient (Wildman–Crippen LogP) is 3.35. The summed E-state index contributed by atoms with van der Waals surface area (Å²) in [5, 5.41) is 4.13. The van der Waals surface area contributed by atoms with E-state index in [1.807, 2.05) is 60.7 Å². The summed E-state index contributed by atoms with van der Waals surface area (Å²) >= 11 is 0. The Hall–Kier alpha value is -3.18. The quantitative estimate of drug-likeness (QED) is 0.465. The average Bonchev–Trinajstić information content (AvgIpc) is 2.60. The molecule has 23 heavy (non-hydrogen) atoms. The Morgan fingerprint density at radius 2 is 1.04 bits per heavy atom. The molecule has 0 aliphatic heterocycles. The molecule has 0 fully saturated rings. The third-order valence-electron chi connectivity index (χ3n) is 2.66. The molecule has 0 atom stereocenters. The van der Waals surface area contributed by atoms with Gasteiger partial charge < -0.3 is 0 Å². The maximum absolute atomic E-state index is 11.3. The van der Waals surface area contributed by atoms with Crippen LogP contribution in [0.4, 0.5) is 0 Å². The third-order valence-corrected chi connectivity index (χ3v) is 2.66. The van der Waals surface area contributed by atoms with Gasteiger partial charge in [-0.05, 0) is 23.3 Å². The number of hydrogen-bond acceptors (Lipinski definition) is 5. The van der Waals surface area contributed by atoms with Crippen molar-refractivity contribution in [1.29, 1.82) is 0 Å². The van der Waals surface area contributed by atoms with Gasteiger partial charge in [-0.25, -0.2) is 9.59 Å². The van der Waals surface area contributed by atoms with Gasteiger partial charge in [-0.2, -0.15) is 0 Å². The summed E-state index contributed by atoms with van der Waals surface area (Å²) in [5.41, 5.74) is 1.65. The molecule has 0 radical (unpaired) electrons. The van der Waals surface area contributed by atoms with Crippen molar-refractivity contribution >= 4 is 24.1 Å². The summed E-state index contributed by atoms with van der Waals surface area (Å²) in [5.74, 6) is -1.60. The minimum atomic E-state index is -0.798. The van der Waals surface area contributed by atoms with Crippen molar-refractivity contribution in [2.24, 2.45) is 0 Å². The van der Waals surface area contributed by atoms with E-state index in [0.717, 1.165) is 23.3 Å². The first-order valence-electron chi connectivity index (χ1n) is 6.79. The molecule has 0 bridgehead atoms. The third kappa shape index (κ3) is 6.41. The molecule has 2 aromatic rings. The molecule has 0 aromatic heterocycles. The van der Waals surface area contributed by atoms with Crippen LogP contribution in [0.5, 0.6) is 0 Å². The second-order valence-electron chi connectivity index (χ2n) is 4.36. The molecule has 0 aliphatic rings. The molecule has 0 saturated carbocycles. The minimum Gasteiger partial charge on any atom is -0.255 e. The zero-order valence-electron chi connectivity index (χ0n) is 12.1. The summed E-state index contributed by atoms with van der Waals surface area (Å²) in [7, 11) is 0. The summed E-state index contributed by atoms with van der Waals surface area (Å²) < 4.78 is 0. The Morgan fingerprint density at radius 1 is 0.652 bits per heavy atom. The zero-order chi connectivity index (χ0) is 16.3. The Morgan fingerprint density at radius 3 is 1.43 bits per heavy atom. The SMILES string of the molecule is O=C(C=Cc1ccccc1)OOOC(=O)C=Cc1ccccc1. The van der Waals surface area contributed by atoms with Gasteiger partial charge in [0.05, 0.1) is 0 Å². The van der Waals surface area contributed by atoms with E-state index in [0.29, 0.717) is 0 Å². The molecule has 2 aromatic carbocycles.